The Morgan fingerprint density at radius 1 is 1.54 bits per heavy atom. The molecule has 0 radical (unpaired) electrons. The Hall–Kier alpha value is -0.890. The molecule has 0 fully saturated rings. The Morgan fingerprint density at radius 3 is 2.85 bits per heavy atom. The molecule has 1 nitrogen and oxygen atoms in total. The van der Waals surface area contributed by atoms with Crippen LogP contribution in [0.25, 0.3) is 0 Å². The summed E-state index contributed by atoms with van der Waals surface area (Å²) in [6.07, 6.45) is 0.426. The molecule has 0 spiro atoms. The number of nitrogens with one attached hydrogen (secondary N) is 1. The van der Waals surface area contributed by atoms with Gasteiger partial charge in [-0.25, -0.2) is 4.39 Å². The molecule has 1 N–H and O–H groups in total. The number of benzene rings is 1. The molecule has 1 unspecified atom stereocenters. The third-order valence-corrected chi connectivity index (χ3v) is 1.77. The van der Waals surface area contributed by atoms with E-state index in [4.69, 9.17) is 6.85 Å². The van der Waals surface area contributed by atoms with E-state index in [1.54, 1.807) is 19.1 Å². The average molecular weight is 186 g/mol. The second kappa shape index (κ2) is 4.97. The second-order valence-electron chi connectivity index (χ2n) is 3.00. The minimum Gasteiger partial charge on any atom is -0.314 e. The third kappa shape index (κ3) is 3.55. The van der Waals surface area contributed by atoms with Crippen molar-refractivity contribution in [2.45, 2.75) is 26.2 Å². The molecule has 1 aromatic rings. The molecule has 0 saturated carbocycles. The van der Waals surface area contributed by atoms with Gasteiger partial charge in [-0.2, -0.15) is 0 Å². The fourth-order valence-electron chi connectivity index (χ4n) is 1.15. The van der Waals surface area contributed by atoms with E-state index in [-0.39, 0.29) is 11.9 Å². The van der Waals surface area contributed by atoms with Gasteiger partial charge in [0.05, 0.1) is 0 Å². The Labute approximate surface area is 86.0 Å². The molecule has 1 aromatic carbocycles. The smallest absolute Gasteiger partial charge is 0.123 e. The van der Waals surface area contributed by atoms with E-state index < -0.39 is 13.3 Å². The van der Waals surface area contributed by atoms with Gasteiger partial charge in [0.15, 0.2) is 0 Å². The molecule has 13 heavy (non-hydrogen) atoms. The van der Waals surface area contributed by atoms with Crippen molar-refractivity contribution in [3.8, 4) is 0 Å². The highest BCUT2D eigenvalue weighted by molar-refractivity contribution is 5.16. The summed E-state index contributed by atoms with van der Waals surface area (Å²) in [5, 5.41) is 2.44. The zero-order chi connectivity index (χ0) is 14.0. The number of halogens is 1. The highest BCUT2D eigenvalue weighted by Crippen LogP contribution is 2.05. The fourth-order valence-corrected chi connectivity index (χ4v) is 1.15. The first-order valence-electron chi connectivity index (χ1n) is 6.64. The Balaban J connectivity index is 2.62. The lowest BCUT2D eigenvalue weighted by molar-refractivity contribution is 0.564. The zero-order valence-electron chi connectivity index (χ0n) is 12.5. The first-order valence-corrected chi connectivity index (χ1v) is 4.14. The van der Waals surface area contributed by atoms with Gasteiger partial charge in [0, 0.05) is 12.9 Å². The lowest BCUT2D eigenvalue weighted by atomic mass is 10.1. The van der Waals surface area contributed by atoms with Crippen molar-refractivity contribution in [2.24, 2.45) is 0 Å². The Morgan fingerprint density at radius 2 is 2.23 bits per heavy atom. The summed E-state index contributed by atoms with van der Waals surface area (Å²) in [5.41, 5.74) is 0.817. The van der Waals surface area contributed by atoms with Crippen LogP contribution in [0.2, 0.25) is 0 Å². The minimum absolute atomic E-state index is 0.336. The molecule has 0 aliphatic rings. The van der Waals surface area contributed by atoms with E-state index in [1.807, 2.05) is 0 Å². The van der Waals surface area contributed by atoms with Gasteiger partial charge >= 0.3 is 0 Å². The highest BCUT2D eigenvalue weighted by atomic mass is 19.1. The number of rotatable bonds is 4. The molecule has 0 bridgehead atoms. The standard InChI is InChI=1S/C11H16FN/c1-3-13-9(2)8-10-4-6-11(12)7-5-10/h4-7,9,13H,3,8H2,1-2H3/i1D3,3D2. The maximum absolute atomic E-state index is 12.7. The monoisotopic (exact) mass is 186 g/mol. The van der Waals surface area contributed by atoms with E-state index in [0.717, 1.165) is 5.56 Å². The second-order valence-corrected chi connectivity index (χ2v) is 3.00. The van der Waals surface area contributed by atoms with Crippen molar-refractivity contribution >= 4 is 0 Å². The predicted molar refractivity (Wildman–Crippen MR) is 53.2 cm³/mol. The quantitative estimate of drug-likeness (QED) is 0.761. The molecule has 0 amide bonds. The van der Waals surface area contributed by atoms with Crippen molar-refractivity contribution < 1.29 is 11.2 Å². The van der Waals surface area contributed by atoms with Crippen molar-refractivity contribution in [3.05, 3.63) is 35.6 Å². The summed E-state index contributed by atoms with van der Waals surface area (Å²) < 4.78 is 48.8. The van der Waals surface area contributed by atoms with Crippen LogP contribution in [0, 0.1) is 5.82 Å². The summed E-state index contributed by atoms with van der Waals surface area (Å²) in [6, 6.07) is 5.46. The number of likely N-dealkylation sites (N-methyl/N-ethyl adjacent to an activating group) is 1. The van der Waals surface area contributed by atoms with Crippen molar-refractivity contribution in [2.75, 3.05) is 6.50 Å². The fraction of sp³-hybridized carbons (Fsp3) is 0.455. The normalized spacial score (nSPS) is 20.6. The van der Waals surface area contributed by atoms with Crippen LogP contribution in [0.3, 0.4) is 0 Å². The van der Waals surface area contributed by atoms with Crippen LogP contribution in [0.5, 0.6) is 0 Å². The summed E-state index contributed by atoms with van der Waals surface area (Å²) in [5.74, 6) is -0.336. The van der Waals surface area contributed by atoms with Gasteiger partial charge < -0.3 is 5.32 Å². The van der Waals surface area contributed by atoms with Crippen LogP contribution < -0.4 is 5.32 Å². The SMILES string of the molecule is [2H]C([2H])([2H])C([2H])([2H])NC(C)Cc1ccc(F)cc1. The Kier molecular flexibility index (Phi) is 1.95. The van der Waals surface area contributed by atoms with Crippen LogP contribution in [0.1, 0.15) is 26.2 Å². The van der Waals surface area contributed by atoms with Crippen LogP contribution in [0.15, 0.2) is 24.3 Å². The topological polar surface area (TPSA) is 12.0 Å². The van der Waals surface area contributed by atoms with Crippen molar-refractivity contribution in [3.63, 3.8) is 0 Å². The van der Waals surface area contributed by atoms with Crippen LogP contribution in [-0.4, -0.2) is 12.5 Å². The van der Waals surface area contributed by atoms with E-state index in [1.165, 1.54) is 12.1 Å². The van der Waals surface area contributed by atoms with E-state index >= 15 is 0 Å². The number of hydrogen-bond donors (Lipinski definition) is 1. The average Bonchev–Trinajstić information content (AvgIpc) is 2.19. The zero-order valence-corrected chi connectivity index (χ0v) is 7.47. The van der Waals surface area contributed by atoms with E-state index in [0.29, 0.717) is 6.42 Å². The molecule has 0 heterocycles. The first kappa shape index (κ1) is 5.11. The van der Waals surface area contributed by atoms with Crippen LogP contribution in [0.4, 0.5) is 4.39 Å². The van der Waals surface area contributed by atoms with Crippen LogP contribution >= 0.6 is 0 Å². The lowest BCUT2D eigenvalue weighted by Crippen LogP contribution is -2.27. The van der Waals surface area contributed by atoms with Gasteiger partial charge in [0.1, 0.15) is 5.82 Å². The molecule has 0 aromatic heterocycles. The molecule has 1 atom stereocenters. The van der Waals surface area contributed by atoms with Crippen molar-refractivity contribution in [1.29, 1.82) is 0 Å². The largest absolute Gasteiger partial charge is 0.314 e. The van der Waals surface area contributed by atoms with Gasteiger partial charge in [-0.15, -0.1) is 0 Å². The molecular weight excluding hydrogens is 165 g/mol. The van der Waals surface area contributed by atoms with Gasteiger partial charge in [-0.3, -0.25) is 0 Å². The molecule has 1 rings (SSSR count). The maximum Gasteiger partial charge on any atom is 0.123 e. The molecule has 0 saturated heterocycles. The molecule has 0 aliphatic carbocycles. The van der Waals surface area contributed by atoms with Gasteiger partial charge in [0.25, 0.3) is 0 Å². The minimum atomic E-state index is -2.72. The molecule has 0 aliphatic heterocycles. The van der Waals surface area contributed by atoms with Gasteiger partial charge in [-0.1, -0.05) is 19.0 Å². The van der Waals surface area contributed by atoms with Gasteiger partial charge in [0.2, 0.25) is 0 Å². The van der Waals surface area contributed by atoms with E-state index in [2.05, 4.69) is 5.32 Å². The highest BCUT2D eigenvalue weighted by Gasteiger charge is 2.01. The maximum atomic E-state index is 12.7. The van der Waals surface area contributed by atoms with E-state index in [9.17, 15) is 4.39 Å². The summed E-state index contributed by atoms with van der Waals surface area (Å²) in [7, 11) is 0. The van der Waals surface area contributed by atoms with Gasteiger partial charge in [-0.05, 0) is 37.5 Å². The molecular formula is C11H16FN. The predicted octanol–water partition coefficient (Wildman–Crippen LogP) is 2.37. The summed E-state index contributed by atoms with van der Waals surface area (Å²) in [6.45, 7) is -3.47. The molecule has 2 heteroatoms. The summed E-state index contributed by atoms with van der Waals surface area (Å²) in [4.78, 5) is 0. The van der Waals surface area contributed by atoms with Crippen LogP contribution in [-0.2, 0) is 6.42 Å². The Bertz CT molecular complexity index is 387. The lowest BCUT2D eigenvalue weighted by Gasteiger charge is -2.11. The number of hydrogen-bond acceptors (Lipinski definition) is 1. The third-order valence-electron chi connectivity index (χ3n) is 1.77. The summed E-state index contributed by atoms with van der Waals surface area (Å²) >= 11 is 0. The first-order chi connectivity index (χ1) is 8.12. The van der Waals surface area contributed by atoms with Crippen molar-refractivity contribution in [1.82, 2.24) is 5.32 Å². The molecule has 72 valence electrons.